The SMILES string of the molecule is CC(C)(C(=O)O)c1ccc(NC(=O)CCc2nc(-c3ncccn3)no2)cc1. The minimum Gasteiger partial charge on any atom is -0.481 e. The van der Waals surface area contributed by atoms with Gasteiger partial charge < -0.3 is 14.9 Å². The third-order valence-electron chi connectivity index (χ3n) is 4.22. The van der Waals surface area contributed by atoms with E-state index in [-0.39, 0.29) is 24.6 Å². The number of carbonyl (C=O) groups is 2. The molecule has 2 N–H and O–H groups in total. The Bertz CT molecular complexity index is 968. The lowest BCUT2D eigenvalue weighted by Gasteiger charge is -2.19. The van der Waals surface area contributed by atoms with Gasteiger partial charge in [0.25, 0.3) is 0 Å². The molecule has 0 bridgehead atoms. The number of rotatable bonds is 7. The fraction of sp³-hybridized carbons (Fsp3) is 0.263. The van der Waals surface area contributed by atoms with E-state index in [1.165, 1.54) is 0 Å². The first-order chi connectivity index (χ1) is 13.4. The number of carboxylic acids is 1. The average molecular weight is 381 g/mol. The maximum Gasteiger partial charge on any atom is 0.313 e. The van der Waals surface area contributed by atoms with E-state index >= 15 is 0 Å². The predicted molar refractivity (Wildman–Crippen MR) is 99.4 cm³/mol. The molecule has 9 nitrogen and oxygen atoms in total. The first-order valence-corrected chi connectivity index (χ1v) is 8.60. The summed E-state index contributed by atoms with van der Waals surface area (Å²) in [6, 6.07) is 8.41. The van der Waals surface area contributed by atoms with Crippen LogP contribution in [0.25, 0.3) is 11.6 Å². The van der Waals surface area contributed by atoms with E-state index in [0.29, 0.717) is 23.0 Å². The van der Waals surface area contributed by atoms with Gasteiger partial charge in [0.1, 0.15) is 0 Å². The Morgan fingerprint density at radius 3 is 2.43 bits per heavy atom. The Labute approximate surface area is 160 Å². The summed E-state index contributed by atoms with van der Waals surface area (Å²) in [5, 5.41) is 15.8. The molecular weight excluding hydrogens is 362 g/mol. The minimum absolute atomic E-state index is 0.152. The molecule has 0 unspecified atom stereocenters. The lowest BCUT2D eigenvalue weighted by atomic mass is 9.85. The fourth-order valence-corrected chi connectivity index (χ4v) is 2.40. The number of aryl methyl sites for hydroxylation is 1. The summed E-state index contributed by atoms with van der Waals surface area (Å²) in [4.78, 5) is 35.7. The second-order valence-corrected chi connectivity index (χ2v) is 6.64. The highest BCUT2D eigenvalue weighted by atomic mass is 16.5. The van der Waals surface area contributed by atoms with Crippen LogP contribution in [0.5, 0.6) is 0 Å². The Kier molecular flexibility index (Phi) is 5.44. The third-order valence-corrected chi connectivity index (χ3v) is 4.22. The van der Waals surface area contributed by atoms with Crippen LogP contribution >= 0.6 is 0 Å². The number of amides is 1. The zero-order valence-electron chi connectivity index (χ0n) is 15.4. The van der Waals surface area contributed by atoms with Crippen molar-refractivity contribution in [1.82, 2.24) is 20.1 Å². The molecule has 0 saturated heterocycles. The Hall–Kier alpha value is -3.62. The molecule has 0 fully saturated rings. The zero-order chi connectivity index (χ0) is 20.1. The molecule has 0 aliphatic carbocycles. The summed E-state index contributed by atoms with van der Waals surface area (Å²) in [7, 11) is 0. The maximum absolute atomic E-state index is 12.1. The number of aliphatic carboxylic acids is 1. The molecule has 0 radical (unpaired) electrons. The Morgan fingerprint density at radius 2 is 1.79 bits per heavy atom. The quantitative estimate of drug-likeness (QED) is 0.638. The number of carboxylic acid groups (broad SMARTS) is 1. The van der Waals surface area contributed by atoms with Crippen LogP contribution in [0.15, 0.2) is 47.2 Å². The number of nitrogens with zero attached hydrogens (tertiary/aromatic N) is 4. The molecule has 2 aromatic heterocycles. The molecular formula is C19H19N5O4. The molecule has 1 amide bonds. The molecule has 3 rings (SSSR count). The summed E-state index contributed by atoms with van der Waals surface area (Å²) >= 11 is 0. The van der Waals surface area contributed by atoms with Crippen molar-refractivity contribution in [1.29, 1.82) is 0 Å². The average Bonchev–Trinajstić information content (AvgIpc) is 3.16. The highest BCUT2D eigenvalue weighted by Crippen LogP contribution is 2.24. The van der Waals surface area contributed by atoms with Crippen LogP contribution in [-0.4, -0.2) is 37.1 Å². The second-order valence-electron chi connectivity index (χ2n) is 6.64. The molecule has 28 heavy (non-hydrogen) atoms. The van der Waals surface area contributed by atoms with Gasteiger partial charge in [0, 0.05) is 30.9 Å². The van der Waals surface area contributed by atoms with Crippen molar-refractivity contribution in [2.75, 3.05) is 5.32 Å². The number of hydrogen-bond acceptors (Lipinski definition) is 7. The van der Waals surface area contributed by atoms with E-state index in [0.717, 1.165) is 0 Å². The van der Waals surface area contributed by atoms with Crippen molar-refractivity contribution in [3.63, 3.8) is 0 Å². The van der Waals surface area contributed by atoms with E-state index < -0.39 is 11.4 Å². The van der Waals surface area contributed by atoms with Crippen LogP contribution in [0.3, 0.4) is 0 Å². The fourth-order valence-electron chi connectivity index (χ4n) is 2.40. The number of anilines is 1. The van der Waals surface area contributed by atoms with Crippen molar-refractivity contribution in [3.05, 3.63) is 54.2 Å². The van der Waals surface area contributed by atoms with E-state index in [2.05, 4.69) is 25.4 Å². The first-order valence-electron chi connectivity index (χ1n) is 8.60. The first kappa shape index (κ1) is 19.2. The summed E-state index contributed by atoms with van der Waals surface area (Å²) < 4.78 is 5.12. The number of nitrogens with one attached hydrogen (secondary N) is 1. The summed E-state index contributed by atoms with van der Waals surface area (Å²) in [6.07, 6.45) is 3.58. The van der Waals surface area contributed by atoms with Crippen LogP contribution in [0.4, 0.5) is 5.69 Å². The molecule has 0 aliphatic heterocycles. The molecule has 0 spiro atoms. The zero-order valence-corrected chi connectivity index (χ0v) is 15.4. The number of aromatic nitrogens is 4. The van der Waals surface area contributed by atoms with E-state index in [1.807, 2.05) is 0 Å². The predicted octanol–water partition coefficient (Wildman–Crippen LogP) is 2.46. The minimum atomic E-state index is -0.999. The van der Waals surface area contributed by atoms with Gasteiger partial charge in [-0.05, 0) is 37.6 Å². The van der Waals surface area contributed by atoms with Crippen molar-refractivity contribution >= 4 is 17.6 Å². The molecule has 3 aromatic rings. The standard InChI is InChI=1S/C19H19N5O4/c1-19(2,18(26)27)12-4-6-13(7-5-12)22-14(25)8-9-15-23-17(24-28-15)16-20-10-3-11-21-16/h3-7,10-11H,8-9H2,1-2H3,(H,22,25)(H,26,27). The third kappa shape index (κ3) is 4.37. The molecule has 2 heterocycles. The monoisotopic (exact) mass is 381 g/mol. The molecule has 0 saturated carbocycles. The number of carbonyl (C=O) groups excluding carboxylic acids is 1. The van der Waals surface area contributed by atoms with E-state index in [9.17, 15) is 14.7 Å². The molecule has 144 valence electrons. The molecule has 0 aliphatic rings. The van der Waals surface area contributed by atoms with Gasteiger partial charge in [-0.15, -0.1) is 0 Å². The Morgan fingerprint density at radius 1 is 1.11 bits per heavy atom. The molecule has 9 heteroatoms. The van der Waals surface area contributed by atoms with Crippen molar-refractivity contribution in [2.45, 2.75) is 32.1 Å². The van der Waals surface area contributed by atoms with E-state index in [4.69, 9.17) is 4.52 Å². The topological polar surface area (TPSA) is 131 Å². The summed E-state index contributed by atoms with van der Waals surface area (Å²) in [6.45, 7) is 3.25. The number of hydrogen-bond donors (Lipinski definition) is 2. The van der Waals surface area contributed by atoms with Crippen LogP contribution in [0.1, 0.15) is 31.7 Å². The Balaban J connectivity index is 1.55. The second kappa shape index (κ2) is 7.95. The van der Waals surface area contributed by atoms with Crippen LogP contribution in [-0.2, 0) is 21.4 Å². The van der Waals surface area contributed by atoms with Gasteiger partial charge in [0.05, 0.1) is 5.41 Å². The van der Waals surface area contributed by atoms with Gasteiger partial charge in [0.2, 0.25) is 23.4 Å². The lowest BCUT2D eigenvalue weighted by Crippen LogP contribution is -2.28. The van der Waals surface area contributed by atoms with Gasteiger partial charge in [-0.2, -0.15) is 4.98 Å². The van der Waals surface area contributed by atoms with Crippen molar-refractivity contribution < 1.29 is 19.2 Å². The van der Waals surface area contributed by atoms with Gasteiger partial charge in [-0.25, -0.2) is 9.97 Å². The summed E-state index contributed by atoms with van der Waals surface area (Å²) in [5.74, 6) is -0.194. The highest BCUT2D eigenvalue weighted by Gasteiger charge is 2.29. The van der Waals surface area contributed by atoms with Crippen LogP contribution in [0.2, 0.25) is 0 Å². The van der Waals surface area contributed by atoms with Crippen LogP contribution in [0, 0.1) is 0 Å². The van der Waals surface area contributed by atoms with Gasteiger partial charge in [0.15, 0.2) is 0 Å². The van der Waals surface area contributed by atoms with Gasteiger partial charge in [-0.1, -0.05) is 17.3 Å². The highest BCUT2D eigenvalue weighted by molar-refractivity contribution is 5.91. The molecule has 1 aromatic carbocycles. The van der Waals surface area contributed by atoms with Crippen molar-refractivity contribution in [2.24, 2.45) is 0 Å². The maximum atomic E-state index is 12.1. The smallest absolute Gasteiger partial charge is 0.313 e. The molecule has 0 atom stereocenters. The van der Waals surface area contributed by atoms with Crippen molar-refractivity contribution in [3.8, 4) is 11.6 Å². The normalized spacial score (nSPS) is 11.2. The largest absolute Gasteiger partial charge is 0.481 e. The van der Waals surface area contributed by atoms with Crippen LogP contribution < -0.4 is 5.32 Å². The lowest BCUT2D eigenvalue weighted by molar-refractivity contribution is -0.142. The van der Waals surface area contributed by atoms with Gasteiger partial charge >= 0.3 is 5.97 Å². The summed E-state index contributed by atoms with van der Waals surface area (Å²) in [5.41, 5.74) is 0.235. The van der Waals surface area contributed by atoms with E-state index in [1.54, 1.807) is 56.6 Å². The van der Waals surface area contributed by atoms with Gasteiger partial charge in [-0.3, -0.25) is 9.59 Å². The number of benzene rings is 1.